The Labute approximate surface area is 334 Å². The molecule has 0 aliphatic heterocycles. The first-order valence-corrected chi connectivity index (χ1v) is 20.5. The van der Waals surface area contributed by atoms with Gasteiger partial charge in [0.15, 0.2) is 0 Å². The van der Waals surface area contributed by atoms with E-state index < -0.39 is 0 Å². The molecular weight excluding hydrogens is 705 g/mol. The van der Waals surface area contributed by atoms with Gasteiger partial charge in [0, 0.05) is 20.2 Å². The van der Waals surface area contributed by atoms with Crippen molar-refractivity contribution in [3.05, 3.63) is 206 Å². The fourth-order valence-electron chi connectivity index (χ4n) is 9.62. The van der Waals surface area contributed by atoms with E-state index in [4.69, 9.17) is 0 Å². The molecule has 0 spiro atoms. The Kier molecular flexibility index (Phi) is 7.20. The molecule has 11 aromatic carbocycles. The minimum absolute atomic E-state index is 1.24. The maximum Gasteiger partial charge on any atom is 0.0361 e. The summed E-state index contributed by atoms with van der Waals surface area (Å²) in [7, 11) is 0. The predicted octanol–water partition coefficient (Wildman–Crippen LogP) is 16.5. The molecule has 1 aromatic heterocycles. The van der Waals surface area contributed by atoms with Gasteiger partial charge in [-0.05, 0) is 117 Å². The summed E-state index contributed by atoms with van der Waals surface area (Å²) < 4.78 is 2.61. The van der Waals surface area contributed by atoms with Crippen LogP contribution in [0.3, 0.4) is 0 Å². The summed E-state index contributed by atoms with van der Waals surface area (Å²) in [5.41, 5.74) is 10.2. The van der Waals surface area contributed by atoms with E-state index in [2.05, 4.69) is 206 Å². The second-order valence-corrected chi connectivity index (χ2v) is 16.2. The van der Waals surface area contributed by atoms with Gasteiger partial charge in [-0.15, -0.1) is 11.3 Å². The van der Waals surface area contributed by atoms with Crippen molar-refractivity contribution in [2.45, 2.75) is 0 Å². The molecule has 0 saturated carbocycles. The average molecular weight is 739 g/mol. The number of fused-ring (bicyclic) bond motifs is 8. The zero-order chi connectivity index (χ0) is 37.5. The first kappa shape index (κ1) is 32.2. The maximum absolute atomic E-state index is 2.44. The molecular formula is C56H34S. The molecule has 0 fully saturated rings. The third-order valence-corrected chi connectivity index (χ3v) is 13.1. The molecule has 0 amide bonds. The highest BCUT2D eigenvalue weighted by atomic mass is 32.1. The van der Waals surface area contributed by atoms with Crippen LogP contribution >= 0.6 is 11.3 Å². The van der Waals surface area contributed by atoms with E-state index in [9.17, 15) is 0 Å². The Bertz CT molecular complexity index is 3460. The van der Waals surface area contributed by atoms with Gasteiger partial charge in [0.25, 0.3) is 0 Å². The van der Waals surface area contributed by atoms with Gasteiger partial charge < -0.3 is 0 Å². The fourth-order valence-corrected chi connectivity index (χ4v) is 10.8. The molecule has 0 unspecified atom stereocenters. The molecule has 57 heavy (non-hydrogen) atoms. The lowest BCUT2D eigenvalue weighted by Gasteiger charge is -2.19. The van der Waals surface area contributed by atoms with Crippen LogP contribution in [0.15, 0.2) is 206 Å². The highest BCUT2D eigenvalue weighted by molar-refractivity contribution is 7.26. The smallest absolute Gasteiger partial charge is 0.0361 e. The van der Waals surface area contributed by atoms with Crippen molar-refractivity contribution in [1.29, 1.82) is 0 Å². The van der Waals surface area contributed by atoms with Crippen LogP contribution in [0.2, 0.25) is 0 Å². The van der Waals surface area contributed by atoms with Crippen molar-refractivity contribution >= 4 is 85.4 Å². The van der Waals surface area contributed by atoms with Crippen molar-refractivity contribution < 1.29 is 0 Å². The van der Waals surface area contributed by atoms with Gasteiger partial charge in [0.1, 0.15) is 0 Å². The first-order valence-electron chi connectivity index (χ1n) is 19.7. The Morgan fingerprint density at radius 1 is 0.246 bits per heavy atom. The molecule has 0 bridgehead atoms. The van der Waals surface area contributed by atoms with E-state index in [0.29, 0.717) is 0 Å². The highest BCUT2D eigenvalue weighted by Gasteiger charge is 2.21. The molecule has 264 valence electrons. The van der Waals surface area contributed by atoms with Crippen LogP contribution in [0.1, 0.15) is 0 Å². The minimum atomic E-state index is 1.24. The van der Waals surface area contributed by atoms with Gasteiger partial charge in [0.05, 0.1) is 0 Å². The van der Waals surface area contributed by atoms with Crippen LogP contribution in [0.25, 0.3) is 119 Å². The van der Waals surface area contributed by atoms with Crippen molar-refractivity contribution in [3.63, 3.8) is 0 Å². The standard InChI is InChI=1S/C56H34S/c1-2-16-36(17-3-1)52-40-19-6-8-21-42(40)54(43-22-9-7-20-41(43)52)39-31-32-48-51(34-39)57-50-28-14-27-49(56(48)50)55-46-25-12-10-23-44(46)53(45-24-11-13-26-47(45)55)38-30-29-35-15-4-5-18-37(35)33-38/h1-34H. The zero-order valence-corrected chi connectivity index (χ0v) is 31.9. The zero-order valence-electron chi connectivity index (χ0n) is 31.0. The first-order chi connectivity index (χ1) is 28.3. The third kappa shape index (κ3) is 4.93. The molecule has 0 saturated heterocycles. The van der Waals surface area contributed by atoms with Crippen LogP contribution in [0, 0.1) is 0 Å². The summed E-state index contributed by atoms with van der Waals surface area (Å²) in [6.45, 7) is 0. The SMILES string of the molecule is c1ccc(-c2c3ccccc3c(-c3ccc4c(c3)sc3cccc(-c5c6ccccc6c(-c6ccc7ccccc7c6)c6ccccc56)c34)c3ccccc23)cc1. The predicted molar refractivity (Wildman–Crippen MR) is 249 cm³/mol. The number of hydrogen-bond acceptors (Lipinski definition) is 1. The molecule has 0 nitrogen and oxygen atoms in total. The van der Waals surface area contributed by atoms with Gasteiger partial charge in [-0.2, -0.15) is 0 Å². The molecule has 12 rings (SSSR count). The highest BCUT2D eigenvalue weighted by Crippen LogP contribution is 2.50. The van der Waals surface area contributed by atoms with Crippen molar-refractivity contribution in [3.8, 4) is 44.5 Å². The van der Waals surface area contributed by atoms with Crippen LogP contribution in [0.4, 0.5) is 0 Å². The molecule has 0 aliphatic carbocycles. The molecule has 0 atom stereocenters. The number of hydrogen-bond donors (Lipinski definition) is 0. The summed E-state index contributed by atoms with van der Waals surface area (Å²) in [6, 6.07) is 76.4. The van der Waals surface area contributed by atoms with E-state index in [1.807, 2.05) is 11.3 Å². The van der Waals surface area contributed by atoms with Gasteiger partial charge in [0.2, 0.25) is 0 Å². The quantitative estimate of drug-likeness (QED) is 0.158. The lowest BCUT2D eigenvalue weighted by molar-refractivity contribution is 1.66. The van der Waals surface area contributed by atoms with Gasteiger partial charge >= 0.3 is 0 Å². The summed E-state index contributed by atoms with van der Waals surface area (Å²) in [6.07, 6.45) is 0. The second kappa shape index (κ2) is 12.7. The Morgan fingerprint density at radius 3 is 1.28 bits per heavy atom. The molecule has 0 radical (unpaired) electrons. The minimum Gasteiger partial charge on any atom is -0.135 e. The molecule has 0 aliphatic rings. The Morgan fingerprint density at radius 2 is 0.702 bits per heavy atom. The molecule has 0 N–H and O–H groups in total. The number of rotatable bonds is 4. The maximum atomic E-state index is 2.44. The van der Waals surface area contributed by atoms with Gasteiger partial charge in [-0.1, -0.05) is 188 Å². The summed E-state index contributed by atoms with van der Waals surface area (Å²) in [4.78, 5) is 0. The fraction of sp³-hybridized carbons (Fsp3) is 0. The molecule has 1 heterocycles. The lowest BCUT2D eigenvalue weighted by atomic mass is 9.84. The summed E-state index contributed by atoms with van der Waals surface area (Å²) in [5, 5.41) is 15.4. The number of thiophene rings is 1. The van der Waals surface area contributed by atoms with Crippen molar-refractivity contribution in [2.24, 2.45) is 0 Å². The van der Waals surface area contributed by atoms with Crippen molar-refractivity contribution in [2.75, 3.05) is 0 Å². The third-order valence-electron chi connectivity index (χ3n) is 12.0. The largest absolute Gasteiger partial charge is 0.135 e. The van der Waals surface area contributed by atoms with Gasteiger partial charge in [-0.25, -0.2) is 0 Å². The Balaban J connectivity index is 1.11. The topological polar surface area (TPSA) is 0 Å². The Hall–Kier alpha value is -7.06. The van der Waals surface area contributed by atoms with Crippen molar-refractivity contribution in [1.82, 2.24) is 0 Å². The summed E-state index contributed by atoms with van der Waals surface area (Å²) in [5.74, 6) is 0. The molecule has 1 heteroatoms. The monoisotopic (exact) mass is 738 g/mol. The van der Waals surface area contributed by atoms with Crippen LogP contribution in [-0.2, 0) is 0 Å². The van der Waals surface area contributed by atoms with E-state index in [0.717, 1.165) is 0 Å². The van der Waals surface area contributed by atoms with E-state index in [1.165, 1.54) is 119 Å². The van der Waals surface area contributed by atoms with Crippen LogP contribution < -0.4 is 0 Å². The average Bonchev–Trinajstić information content (AvgIpc) is 3.66. The van der Waals surface area contributed by atoms with Gasteiger partial charge in [-0.3, -0.25) is 0 Å². The van der Waals surface area contributed by atoms with E-state index in [1.54, 1.807) is 0 Å². The van der Waals surface area contributed by atoms with E-state index in [-0.39, 0.29) is 0 Å². The lowest BCUT2D eigenvalue weighted by Crippen LogP contribution is -1.91. The van der Waals surface area contributed by atoms with Crippen LogP contribution in [-0.4, -0.2) is 0 Å². The number of benzene rings is 11. The summed E-state index contributed by atoms with van der Waals surface area (Å²) >= 11 is 1.90. The van der Waals surface area contributed by atoms with Crippen LogP contribution in [0.5, 0.6) is 0 Å². The second-order valence-electron chi connectivity index (χ2n) is 15.1. The molecule has 12 aromatic rings. The van der Waals surface area contributed by atoms with E-state index >= 15 is 0 Å². The normalized spacial score (nSPS) is 11.9.